The van der Waals surface area contributed by atoms with E-state index in [9.17, 15) is 18.0 Å². The van der Waals surface area contributed by atoms with Crippen LogP contribution in [0.15, 0.2) is 53.4 Å². The molecular weight excluding hydrogens is 534 g/mol. The molecule has 1 saturated carbocycles. The molecule has 210 valence electrons. The van der Waals surface area contributed by atoms with Gasteiger partial charge in [0.25, 0.3) is 0 Å². The Hall–Kier alpha value is -2.42. The number of hydrogen-bond donors (Lipinski definition) is 1. The van der Waals surface area contributed by atoms with Crippen molar-refractivity contribution >= 4 is 33.3 Å². The maximum absolute atomic E-state index is 13.5. The summed E-state index contributed by atoms with van der Waals surface area (Å²) in [6.07, 6.45) is 6.43. The first-order chi connectivity index (χ1) is 18.5. The van der Waals surface area contributed by atoms with Gasteiger partial charge in [-0.1, -0.05) is 42.8 Å². The molecule has 7 nitrogen and oxygen atoms in total. The maximum atomic E-state index is 13.5. The second-order valence-electron chi connectivity index (χ2n) is 11.9. The quantitative estimate of drug-likeness (QED) is 0.475. The van der Waals surface area contributed by atoms with Crippen molar-refractivity contribution in [1.82, 2.24) is 15.1 Å². The summed E-state index contributed by atoms with van der Waals surface area (Å²) in [4.78, 5) is 30.9. The van der Waals surface area contributed by atoms with Gasteiger partial charge in [-0.05, 0) is 87.0 Å². The minimum atomic E-state index is -3.23. The van der Waals surface area contributed by atoms with Gasteiger partial charge in [0, 0.05) is 36.3 Å². The molecule has 1 spiro atoms. The van der Waals surface area contributed by atoms with Crippen molar-refractivity contribution < 1.29 is 18.0 Å². The molecule has 3 aliphatic rings. The Kier molecular flexibility index (Phi) is 7.83. The predicted octanol–water partition coefficient (Wildman–Crippen LogP) is 4.61. The summed E-state index contributed by atoms with van der Waals surface area (Å²) in [5.74, 6) is 0.348. The highest BCUT2D eigenvalue weighted by Gasteiger charge is 2.48. The maximum Gasteiger partial charge on any atom is 0.229 e. The zero-order valence-electron chi connectivity index (χ0n) is 22.8. The van der Waals surface area contributed by atoms with Crippen molar-refractivity contribution in [2.75, 3.05) is 32.4 Å². The van der Waals surface area contributed by atoms with Crippen LogP contribution < -0.4 is 5.32 Å². The summed E-state index contributed by atoms with van der Waals surface area (Å²) < 4.78 is 23.5. The third-order valence-electron chi connectivity index (χ3n) is 9.00. The fourth-order valence-corrected chi connectivity index (χ4v) is 6.61. The molecule has 1 atom stereocenters. The molecule has 5 rings (SSSR count). The highest BCUT2D eigenvalue weighted by Crippen LogP contribution is 2.46. The third-order valence-corrected chi connectivity index (χ3v) is 10.4. The van der Waals surface area contributed by atoms with Crippen LogP contribution in [0.3, 0.4) is 0 Å². The first-order valence-electron chi connectivity index (χ1n) is 13.8. The van der Waals surface area contributed by atoms with Gasteiger partial charge in [0.1, 0.15) is 0 Å². The van der Waals surface area contributed by atoms with E-state index in [0.29, 0.717) is 16.5 Å². The molecule has 0 bridgehead atoms. The molecule has 2 aromatic carbocycles. The lowest BCUT2D eigenvalue weighted by atomic mass is 9.77. The van der Waals surface area contributed by atoms with E-state index < -0.39 is 9.84 Å². The first-order valence-corrected chi connectivity index (χ1v) is 16.1. The van der Waals surface area contributed by atoms with Crippen molar-refractivity contribution in [3.05, 3.63) is 64.7 Å². The van der Waals surface area contributed by atoms with E-state index in [1.807, 2.05) is 36.1 Å². The lowest BCUT2D eigenvalue weighted by Gasteiger charge is -2.38. The van der Waals surface area contributed by atoms with Crippen LogP contribution in [0.4, 0.5) is 0 Å². The number of carbonyl (C=O) groups is 2. The monoisotopic (exact) mass is 571 g/mol. The minimum absolute atomic E-state index is 0.0687. The zero-order chi connectivity index (χ0) is 27.8. The lowest BCUT2D eigenvalue weighted by molar-refractivity contribution is -0.139. The van der Waals surface area contributed by atoms with Crippen LogP contribution in [-0.4, -0.2) is 62.5 Å². The standard InChI is InChI=1S/C30H38ClN3O4S/c1-29(12-13-29)27(35)32-26(23-5-7-24(31)8-6-23)11-17-33-18-14-30(15-19-33)16-20-34(28(30)36)21-22-3-9-25(10-4-22)39(2,37)38/h3-10,26H,11-21H2,1-2H3,(H,32,35). The summed E-state index contributed by atoms with van der Waals surface area (Å²) in [5.41, 5.74) is 1.48. The first kappa shape index (κ1) is 28.1. The number of nitrogens with one attached hydrogen (secondary N) is 1. The van der Waals surface area contributed by atoms with Crippen LogP contribution in [0.2, 0.25) is 5.02 Å². The van der Waals surface area contributed by atoms with Crippen LogP contribution in [0.5, 0.6) is 0 Å². The molecular formula is C30H38ClN3O4S. The molecule has 1 unspecified atom stereocenters. The largest absolute Gasteiger partial charge is 0.349 e. The van der Waals surface area contributed by atoms with Gasteiger partial charge in [0.15, 0.2) is 9.84 Å². The Morgan fingerprint density at radius 3 is 2.18 bits per heavy atom. The number of carbonyl (C=O) groups excluding carboxylic acids is 2. The lowest BCUT2D eigenvalue weighted by Crippen LogP contribution is -2.45. The average molecular weight is 572 g/mol. The summed E-state index contributed by atoms with van der Waals surface area (Å²) in [6, 6.07) is 14.5. The number of hydrogen-bond acceptors (Lipinski definition) is 5. The zero-order valence-corrected chi connectivity index (χ0v) is 24.4. The van der Waals surface area contributed by atoms with Crippen LogP contribution >= 0.6 is 11.6 Å². The number of nitrogens with zero attached hydrogens (tertiary/aromatic N) is 2. The Bertz CT molecular complexity index is 1310. The Morgan fingerprint density at radius 1 is 0.974 bits per heavy atom. The molecule has 2 aromatic rings. The molecule has 39 heavy (non-hydrogen) atoms. The smallest absolute Gasteiger partial charge is 0.229 e. The van der Waals surface area contributed by atoms with Crippen molar-refractivity contribution in [3.63, 3.8) is 0 Å². The number of amides is 2. The topological polar surface area (TPSA) is 86.8 Å². The van der Waals surface area contributed by atoms with E-state index in [2.05, 4.69) is 10.2 Å². The van der Waals surface area contributed by atoms with E-state index in [1.165, 1.54) is 6.26 Å². The number of piperidine rings is 1. The van der Waals surface area contributed by atoms with Crippen LogP contribution in [0, 0.1) is 10.8 Å². The highest BCUT2D eigenvalue weighted by molar-refractivity contribution is 7.90. The van der Waals surface area contributed by atoms with E-state index in [4.69, 9.17) is 11.6 Å². The van der Waals surface area contributed by atoms with E-state index >= 15 is 0 Å². The molecule has 0 radical (unpaired) electrons. The Labute approximate surface area is 236 Å². The molecule has 1 N–H and O–H groups in total. The van der Waals surface area contributed by atoms with Gasteiger partial charge in [-0.2, -0.15) is 0 Å². The van der Waals surface area contributed by atoms with Gasteiger partial charge in [-0.3, -0.25) is 9.59 Å². The number of likely N-dealkylation sites (tertiary alicyclic amines) is 2. The van der Waals surface area contributed by atoms with Crippen LogP contribution in [0.1, 0.15) is 62.6 Å². The van der Waals surface area contributed by atoms with Gasteiger partial charge >= 0.3 is 0 Å². The average Bonchev–Trinajstić information content (AvgIpc) is 3.61. The Morgan fingerprint density at radius 2 is 1.59 bits per heavy atom. The summed E-state index contributed by atoms with van der Waals surface area (Å²) in [5, 5.41) is 3.97. The van der Waals surface area contributed by atoms with E-state index in [-0.39, 0.29) is 28.7 Å². The van der Waals surface area contributed by atoms with Crippen LogP contribution in [0.25, 0.3) is 0 Å². The normalized spacial score (nSPS) is 21.2. The molecule has 2 heterocycles. The van der Waals surface area contributed by atoms with Gasteiger partial charge < -0.3 is 15.1 Å². The molecule has 0 aromatic heterocycles. The number of rotatable bonds is 9. The molecule has 1 aliphatic carbocycles. The highest BCUT2D eigenvalue weighted by atomic mass is 35.5. The second kappa shape index (κ2) is 10.9. The molecule has 2 saturated heterocycles. The third kappa shape index (κ3) is 6.34. The SMILES string of the molecule is CC1(C(=O)NC(CCN2CCC3(CC2)CCN(Cc2ccc(S(C)(=O)=O)cc2)C3=O)c2ccc(Cl)cc2)CC1. The molecule has 2 amide bonds. The summed E-state index contributed by atoms with van der Waals surface area (Å²) >= 11 is 6.10. The molecule has 9 heteroatoms. The van der Waals surface area contributed by atoms with Crippen LogP contribution in [-0.2, 0) is 26.0 Å². The van der Waals surface area contributed by atoms with E-state index in [0.717, 1.165) is 75.8 Å². The molecule has 3 fully saturated rings. The number of benzene rings is 2. The van der Waals surface area contributed by atoms with Crippen molar-refractivity contribution in [2.24, 2.45) is 10.8 Å². The molecule has 2 aliphatic heterocycles. The number of sulfone groups is 1. The second-order valence-corrected chi connectivity index (χ2v) is 14.4. The van der Waals surface area contributed by atoms with Gasteiger partial charge in [-0.25, -0.2) is 8.42 Å². The fourth-order valence-electron chi connectivity index (χ4n) is 5.85. The summed E-state index contributed by atoms with van der Waals surface area (Å²) in [7, 11) is -3.23. The van der Waals surface area contributed by atoms with Gasteiger partial charge in [-0.15, -0.1) is 0 Å². The van der Waals surface area contributed by atoms with Gasteiger partial charge in [0.05, 0.1) is 16.4 Å². The predicted molar refractivity (Wildman–Crippen MR) is 152 cm³/mol. The van der Waals surface area contributed by atoms with Crippen molar-refractivity contribution in [3.8, 4) is 0 Å². The van der Waals surface area contributed by atoms with Crippen molar-refractivity contribution in [2.45, 2.75) is 62.9 Å². The van der Waals surface area contributed by atoms with Gasteiger partial charge in [0.2, 0.25) is 11.8 Å². The fraction of sp³-hybridized carbons (Fsp3) is 0.533. The Balaban J connectivity index is 1.15. The van der Waals surface area contributed by atoms with Crippen molar-refractivity contribution in [1.29, 1.82) is 0 Å². The number of halogens is 1. The minimum Gasteiger partial charge on any atom is -0.349 e. The van der Waals surface area contributed by atoms with E-state index in [1.54, 1.807) is 24.3 Å². The summed E-state index contributed by atoms with van der Waals surface area (Å²) in [6.45, 7) is 5.85.